The molecule has 1 N–H and O–H groups in total. The van der Waals surface area contributed by atoms with Gasteiger partial charge in [-0.15, -0.1) is 0 Å². The van der Waals surface area contributed by atoms with Crippen molar-refractivity contribution in [1.82, 2.24) is 4.31 Å². The van der Waals surface area contributed by atoms with E-state index in [1.807, 2.05) is 44.1 Å². The van der Waals surface area contributed by atoms with Gasteiger partial charge in [-0.05, 0) is 55.7 Å². The van der Waals surface area contributed by atoms with Gasteiger partial charge in [0.15, 0.2) is 0 Å². The summed E-state index contributed by atoms with van der Waals surface area (Å²) in [6.45, 7) is 2.35. The number of esters is 1. The number of benzene rings is 2. The van der Waals surface area contributed by atoms with Crippen molar-refractivity contribution in [2.45, 2.75) is 24.7 Å². The standard InChI is InChI=1S/C23H29N3O5S/c1-16-15-18(25(2)3)9-10-20(16)24-22(27)17-11-13-26(14-12-17)32(29,30)21-8-6-5-7-19(21)23(28)31-4/h5-10,15,17H,11-14H2,1-4H3,(H,24,27). The number of hydrogen-bond donors (Lipinski definition) is 1. The van der Waals surface area contributed by atoms with Crippen LogP contribution in [-0.2, 0) is 19.6 Å². The van der Waals surface area contributed by atoms with Crippen LogP contribution in [0.4, 0.5) is 11.4 Å². The van der Waals surface area contributed by atoms with Crippen LogP contribution in [0.25, 0.3) is 0 Å². The van der Waals surface area contributed by atoms with Crippen molar-refractivity contribution in [3.63, 3.8) is 0 Å². The molecule has 32 heavy (non-hydrogen) atoms. The highest BCUT2D eigenvalue weighted by Crippen LogP contribution is 2.28. The van der Waals surface area contributed by atoms with Crippen molar-refractivity contribution >= 4 is 33.3 Å². The van der Waals surface area contributed by atoms with Gasteiger partial charge < -0.3 is 15.0 Å². The third-order valence-electron chi connectivity index (χ3n) is 5.72. The molecule has 1 amide bonds. The number of anilines is 2. The summed E-state index contributed by atoms with van der Waals surface area (Å²) < 4.78 is 32.3. The molecule has 1 aliphatic rings. The van der Waals surface area contributed by atoms with Crippen LogP contribution in [0, 0.1) is 12.8 Å². The quantitative estimate of drug-likeness (QED) is 0.668. The highest BCUT2D eigenvalue weighted by molar-refractivity contribution is 7.89. The van der Waals surface area contributed by atoms with Gasteiger partial charge >= 0.3 is 5.97 Å². The Hall–Kier alpha value is -2.91. The molecule has 2 aromatic rings. The van der Waals surface area contributed by atoms with E-state index in [1.165, 1.54) is 23.5 Å². The van der Waals surface area contributed by atoms with E-state index >= 15 is 0 Å². The number of aryl methyl sites for hydroxylation is 1. The van der Waals surface area contributed by atoms with E-state index in [-0.39, 0.29) is 35.4 Å². The van der Waals surface area contributed by atoms with Gasteiger partial charge in [0, 0.05) is 44.5 Å². The topological polar surface area (TPSA) is 96.0 Å². The SMILES string of the molecule is COC(=O)c1ccccc1S(=O)(=O)N1CCC(C(=O)Nc2ccc(N(C)C)cc2C)CC1. The van der Waals surface area contributed by atoms with Gasteiger partial charge in [-0.25, -0.2) is 13.2 Å². The van der Waals surface area contributed by atoms with Gasteiger partial charge in [-0.2, -0.15) is 4.31 Å². The molecule has 0 radical (unpaired) electrons. The molecule has 1 fully saturated rings. The van der Waals surface area contributed by atoms with Crippen LogP contribution in [0.1, 0.15) is 28.8 Å². The van der Waals surface area contributed by atoms with E-state index in [0.29, 0.717) is 12.8 Å². The molecule has 0 aromatic heterocycles. The number of carbonyl (C=O) groups is 2. The third-order valence-corrected chi connectivity index (χ3v) is 7.68. The van der Waals surface area contributed by atoms with Crippen molar-refractivity contribution in [3.8, 4) is 0 Å². The van der Waals surface area contributed by atoms with Crippen LogP contribution in [0.2, 0.25) is 0 Å². The number of ether oxygens (including phenoxy) is 1. The van der Waals surface area contributed by atoms with Gasteiger partial charge in [0.05, 0.1) is 17.6 Å². The van der Waals surface area contributed by atoms with E-state index in [2.05, 4.69) is 5.32 Å². The van der Waals surface area contributed by atoms with Crippen LogP contribution in [0.15, 0.2) is 47.4 Å². The van der Waals surface area contributed by atoms with Crippen LogP contribution in [-0.4, -0.2) is 58.9 Å². The minimum absolute atomic E-state index is 0.00603. The largest absolute Gasteiger partial charge is 0.465 e. The van der Waals surface area contributed by atoms with Gasteiger partial charge in [-0.1, -0.05) is 12.1 Å². The van der Waals surface area contributed by atoms with Gasteiger partial charge in [0.25, 0.3) is 0 Å². The number of sulfonamides is 1. The van der Waals surface area contributed by atoms with Crippen LogP contribution < -0.4 is 10.2 Å². The number of piperidine rings is 1. The second-order valence-corrected chi connectivity index (χ2v) is 9.96. The minimum Gasteiger partial charge on any atom is -0.465 e. The summed E-state index contributed by atoms with van der Waals surface area (Å²) in [6.07, 6.45) is 0.806. The lowest BCUT2D eigenvalue weighted by Crippen LogP contribution is -2.41. The molecule has 1 aliphatic heterocycles. The van der Waals surface area contributed by atoms with E-state index in [4.69, 9.17) is 4.74 Å². The minimum atomic E-state index is -3.88. The average molecular weight is 460 g/mol. The Morgan fingerprint density at radius 3 is 2.34 bits per heavy atom. The fourth-order valence-corrected chi connectivity index (χ4v) is 5.42. The molecule has 3 rings (SSSR count). The Balaban J connectivity index is 1.67. The fraction of sp³-hybridized carbons (Fsp3) is 0.391. The number of nitrogens with zero attached hydrogens (tertiary/aromatic N) is 2. The van der Waals surface area contributed by atoms with E-state index in [9.17, 15) is 18.0 Å². The highest BCUT2D eigenvalue weighted by atomic mass is 32.2. The Kier molecular flexibility index (Phi) is 7.20. The summed E-state index contributed by atoms with van der Waals surface area (Å²) in [5.74, 6) is -1.10. The lowest BCUT2D eigenvalue weighted by molar-refractivity contribution is -0.120. The second-order valence-electron chi connectivity index (χ2n) is 8.05. The number of nitrogens with one attached hydrogen (secondary N) is 1. The maximum Gasteiger partial charge on any atom is 0.339 e. The smallest absolute Gasteiger partial charge is 0.339 e. The summed E-state index contributed by atoms with van der Waals surface area (Å²) in [5, 5.41) is 2.98. The second kappa shape index (κ2) is 9.70. The zero-order valence-electron chi connectivity index (χ0n) is 18.8. The van der Waals surface area contributed by atoms with Crippen molar-refractivity contribution in [2.24, 2.45) is 5.92 Å². The molecular weight excluding hydrogens is 430 g/mol. The zero-order valence-corrected chi connectivity index (χ0v) is 19.6. The summed E-state index contributed by atoms with van der Waals surface area (Å²) in [6, 6.07) is 11.8. The predicted molar refractivity (Wildman–Crippen MR) is 123 cm³/mol. The first-order valence-electron chi connectivity index (χ1n) is 10.4. The van der Waals surface area contributed by atoms with Crippen molar-refractivity contribution in [3.05, 3.63) is 53.6 Å². The fourth-order valence-electron chi connectivity index (χ4n) is 3.77. The molecule has 0 bridgehead atoms. The Morgan fingerprint density at radius 1 is 1.09 bits per heavy atom. The highest BCUT2D eigenvalue weighted by Gasteiger charge is 2.34. The Morgan fingerprint density at radius 2 is 1.75 bits per heavy atom. The Labute approximate surface area is 189 Å². The van der Waals surface area contributed by atoms with Crippen molar-refractivity contribution < 1.29 is 22.7 Å². The monoisotopic (exact) mass is 459 g/mol. The molecule has 9 heteroatoms. The van der Waals surface area contributed by atoms with E-state index in [1.54, 1.807) is 12.1 Å². The van der Waals surface area contributed by atoms with Gasteiger partial charge in [-0.3, -0.25) is 4.79 Å². The van der Waals surface area contributed by atoms with Crippen molar-refractivity contribution in [2.75, 3.05) is 44.5 Å². The number of carbonyl (C=O) groups excluding carboxylic acids is 2. The lowest BCUT2D eigenvalue weighted by atomic mass is 9.97. The normalized spacial score (nSPS) is 15.2. The molecular formula is C23H29N3O5S. The van der Waals surface area contributed by atoms with E-state index in [0.717, 1.165) is 16.9 Å². The van der Waals surface area contributed by atoms with Crippen LogP contribution >= 0.6 is 0 Å². The average Bonchev–Trinajstić information content (AvgIpc) is 2.79. The maximum absolute atomic E-state index is 13.1. The molecule has 0 atom stereocenters. The molecule has 172 valence electrons. The molecule has 1 heterocycles. The first-order chi connectivity index (χ1) is 15.1. The number of amides is 1. The molecule has 8 nitrogen and oxygen atoms in total. The Bertz CT molecular complexity index is 1110. The van der Waals surface area contributed by atoms with Crippen molar-refractivity contribution in [1.29, 1.82) is 0 Å². The molecule has 0 spiro atoms. The van der Waals surface area contributed by atoms with Gasteiger partial charge in [0.2, 0.25) is 15.9 Å². The van der Waals surface area contributed by atoms with Crippen LogP contribution in [0.3, 0.4) is 0 Å². The summed E-state index contributed by atoms with van der Waals surface area (Å²) >= 11 is 0. The van der Waals surface area contributed by atoms with E-state index < -0.39 is 16.0 Å². The summed E-state index contributed by atoms with van der Waals surface area (Å²) in [5.41, 5.74) is 2.77. The molecule has 2 aromatic carbocycles. The summed E-state index contributed by atoms with van der Waals surface area (Å²) in [7, 11) is 1.25. The lowest BCUT2D eigenvalue weighted by Gasteiger charge is -2.31. The number of hydrogen-bond acceptors (Lipinski definition) is 6. The molecule has 0 saturated carbocycles. The number of methoxy groups -OCH3 is 1. The molecule has 0 unspecified atom stereocenters. The first kappa shape index (κ1) is 23.7. The predicted octanol–water partition coefficient (Wildman–Crippen LogP) is 2.89. The van der Waals surface area contributed by atoms with Crippen LogP contribution in [0.5, 0.6) is 0 Å². The molecule has 0 aliphatic carbocycles. The maximum atomic E-state index is 13.1. The molecule has 1 saturated heterocycles. The zero-order chi connectivity index (χ0) is 23.5. The number of rotatable bonds is 6. The third kappa shape index (κ3) is 4.94. The first-order valence-corrected chi connectivity index (χ1v) is 11.9. The summed E-state index contributed by atoms with van der Waals surface area (Å²) in [4.78, 5) is 26.7. The van der Waals surface area contributed by atoms with Gasteiger partial charge in [0.1, 0.15) is 0 Å².